The van der Waals surface area contributed by atoms with Gasteiger partial charge < -0.3 is 4.74 Å². The van der Waals surface area contributed by atoms with Crippen LogP contribution in [-0.2, 0) is 11.8 Å². The van der Waals surface area contributed by atoms with E-state index in [1.165, 1.54) is 0 Å². The van der Waals surface area contributed by atoms with Gasteiger partial charge in [-0.3, -0.25) is 9.48 Å². The summed E-state index contributed by atoms with van der Waals surface area (Å²) >= 11 is 0. The molecule has 78 valence electrons. The number of rotatable bonds is 6. The Bertz CT molecular complexity index is 294. The van der Waals surface area contributed by atoms with Gasteiger partial charge in [0.05, 0.1) is 0 Å². The number of nitrogens with zero attached hydrogens (tertiary/aromatic N) is 2. The molecular formula is C10H16N2O2. The Morgan fingerprint density at radius 2 is 2.43 bits per heavy atom. The highest BCUT2D eigenvalue weighted by atomic mass is 16.5. The lowest BCUT2D eigenvalue weighted by Gasteiger charge is -2.01. The summed E-state index contributed by atoms with van der Waals surface area (Å²) in [7, 11) is 1.77. The number of carbonyl (C=O) groups is 1. The van der Waals surface area contributed by atoms with Crippen LogP contribution in [0.15, 0.2) is 12.3 Å². The third-order valence-electron chi connectivity index (χ3n) is 2.00. The molecule has 0 aromatic carbocycles. The van der Waals surface area contributed by atoms with E-state index in [-0.39, 0.29) is 5.78 Å². The first-order valence-electron chi connectivity index (χ1n) is 4.84. The first-order valence-corrected chi connectivity index (χ1v) is 4.84. The maximum Gasteiger partial charge on any atom is 0.180 e. The van der Waals surface area contributed by atoms with Crippen LogP contribution in [0, 0.1) is 0 Å². The molecule has 1 heterocycles. The molecule has 1 aromatic rings. The Morgan fingerprint density at radius 1 is 1.64 bits per heavy atom. The average molecular weight is 196 g/mol. The quantitative estimate of drug-likeness (QED) is 0.510. The largest absolute Gasteiger partial charge is 0.382 e. The molecule has 0 spiro atoms. The van der Waals surface area contributed by atoms with Gasteiger partial charge in [0.15, 0.2) is 5.78 Å². The van der Waals surface area contributed by atoms with Crippen molar-refractivity contribution in [3.63, 3.8) is 0 Å². The van der Waals surface area contributed by atoms with E-state index in [9.17, 15) is 4.79 Å². The van der Waals surface area contributed by atoms with E-state index in [1.807, 2.05) is 6.92 Å². The molecule has 0 unspecified atom stereocenters. The predicted octanol–water partition coefficient (Wildman–Crippen LogP) is 1.42. The average Bonchev–Trinajstić information content (AvgIpc) is 2.59. The van der Waals surface area contributed by atoms with Crippen LogP contribution in [0.1, 0.15) is 30.3 Å². The zero-order valence-electron chi connectivity index (χ0n) is 8.69. The fourth-order valence-electron chi connectivity index (χ4n) is 1.25. The van der Waals surface area contributed by atoms with Crippen molar-refractivity contribution in [1.82, 2.24) is 9.78 Å². The monoisotopic (exact) mass is 196 g/mol. The second-order valence-corrected chi connectivity index (χ2v) is 3.06. The number of aryl methyl sites for hydroxylation is 1. The van der Waals surface area contributed by atoms with Gasteiger partial charge in [-0.15, -0.1) is 0 Å². The minimum Gasteiger partial charge on any atom is -0.382 e. The highest BCUT2D eigenvalue weighted by Crippen LogP contribution is 2.03. The van der Waals surface area contributed by atoms with E-state index in [1.54, 1.807) is 24.0 Å². The highest BCUT2D eigenvalue weighted by Gasteiger charge is 2.08. The number of hydrogen-bond acceptors (Lipinski definition) is 3. The van der Waals surface area contributed by atoms with Crippen molar-refractivity contribution in [3.8, 4) is 0 Å². The van der Waals surface area contributed by atoms with E-state index in [0.29, 0.717) is 25.3 Å². The molecule has 0 aliphatic heterocycles. The third-order valence-corrected chi connectivity index (χ3v) is 2.00. The molecule has 4 heteroatoms. The summed E-state index contributed by atoms with van der Waals surface area (Å²) in [6.07, 6.45) is 2.94. The minimum atomic E-state index is 0.129. The van der Waals surface area contributed by atoms with E-state index in [4.69, 9.17) is 4.74 Å². The van der Waals surface area contributed by atoms with E-state index in [2.05, 4.69) is 5.10 Å². The Labute approximate surface area is 83.9 Å². The standard InChI is InChI=1S/C10H16N2O2/c1-3-14-8-4-5-10(13)9-6-7-11-12(9)2/h6-7H,3-5,8H2,1-2H3. The first kappa shape index (κ1) is 10.9. The first-order chi connectivity index (χ1) is 6.75. The number of ketones is 1. The number of Topliss-reactive ketones (excluding diaryl/α,β-unsaturated/α-hetero) is 1. The Hall–Kier alpha value is -1.16. The molecule has 0 bridgehead atoms. The van der Waals surface area contributed by atoms with Gasteiger partial charge in [0, 0.05) is 32.9 Å². The molecule has 14 heavy (non-hydrogen) atoms. The molecule has 0 saturated heterocycles. The van der Waals surface area contributed by atoms with Crippen LogP contribution < -0.4 is 0 Å². The zero-order chi connectivity index (χ0) is 10.4. The lowest BCUT2D eigenvalue weighted by molar-refractivity contribution is 0.0938. The van der Waals surface area contributed by atoms with Gasteiger partial charge in [0.1, 0.15) is 5.69 Å². The van der Waals surface area contributed by atoms with Crippen molar-refractivity contribution in [1.29, 1.82) is 0 Å². The van der Waals surface area contributed by atoms with Gasteiger partial charge in [0.2, 0.25) is 0 Å². The second kappa shape index (κ2) is 5.54. The van der Waals surface area contributed by atoms with Gasteiger partial charge in [-0.05, 0) is 19.4 Å². The van der Waals surface area contributed by atoms with Crippen LogP contribution in [-0.4, -0.2) is 28.8 Å². The Morgan fingerprint density at radius 3 is 3.00 bits per heavy atom. The molecule has 0 fully saturated rings. The molecule has 0 aliphatic carbocycles. The smallest absolute Gasteiger partial charge is 0.180 e. The zero-order valence-corrected chi connectivity index (χ0v) is 8.69. The fourth-order valence-corrected chi connectivity index (χ4v) is 1.25. The van der Waals surface area contributed by atoms with Crippen LogP contribution >= 0.6 is 0 Å². The fraction of sp³-hybridized carbons (Fsp3) is 0.600. The van der Waals surface area contributed by atoms with Crippen LogP contribution in [0.3, 0.4) is 0 Å². The number of ether oxygens (including phenoxy) is 1. The third kappa shape index (κ3) is 2.96. The molecule has 0 aliphatic rings. The summed E-state index contributed by atoms with van der Waals surface area (Å²) in [5, 5.41) is 3.95. The van der Waals surface area contributed by atoms with Gasteiger partial charge >= 0.3 is 0 Å². The summed E-state index contributed by atoms with van der Waals surface area (Å²) in [6, 6.07) is 1.74. The topological polar surface area (TPSA) is 44.1 Å². The normalized spacial score (nSPS) is 10.4. The molecule has 0 atom stereocenters. The van der Waals surface area contributed by atoms with Gasteiger partial charge in [-0.25, -0.2) is 0 Å². The van der Waals surface area contributed by atoms with Crippen molar-refractivity contribution in [2.45, 2.75) is 19.8 Å². The lowest BCUT2D eigenvalue weighted by Crippen LogP contribution is -2.08. The van der Waals surface area contributed by atoms with Crippen LogP contribution in [0.2, 0.25) is 0 Å². The van der Waals surface area contributed by atoms with Crippen molar-refractivity contribution < 1.29 is 9.53 Å². The van der Waals surface area contributed by atoms with Crippen LogP contribution in [0.4, 0.5) is 0 Å². The van der Waals surface area contributed by atoms with Gasteiger partial charge in [-0.1, -0.05) is 0 Å². The molecule has 1 rings (SSSR count). The Balaban J connectivity index is 2.32. The summed E-state index contributed by atoms with van der Waals surface area (Å²) in [5.41, 5.74) is 0.668. The van der Waals surface area contributed by atoms with Crippen molar-refractivity contribution in [2.75, 3.05) is 13.2 Å². The van der Waals surface area contributed by atoms with Crippen molar-refractivity contribution in [2.24, 2.45) is 7.05 Å². The van der Waals surface area contributed by atoms with Gasteiger partial charge in [-0.2, -0.15) is 5.10 Å². The number of carbonyl (C=O) groups excluding carboxylic acids is 1. The molecule has 0 amide bonds. The summed E-state index contributed by atoms with van der Waals surface area (Å²) in [6.45, 7) is 3.31. The summed E-state index contributed by atoms with van der Waals surface area (Å²) < 4.78 is 6.76. The van der Waals surface area contributed by atoms with E-state index < -0.39 is 0 Å². The SMILES string of the molecule is CCOCCCC(=O)c1ccnn1C. The molecule has 0 N–H and O–H groups in total. The molecule has 4 nitrogen and oxygen atoms in total. The van der Waals surface area contributed by atoms with E-state index >= 15 is 0 Å². The minimum absolute atomic E-state index is 0.129. The summed E-state index contributed by atoms with van der Waals surface area (Å²) in [5.74, 6) is 0.129. The van der Waals surface area contributed by atoms with Crippen molar-refractivity contribution in [3.05, 3.63) is 18.0 Å². The summed E-state index contributed by atoms with van der Waals surface area (Å²) in [4.78, 5) is 11.6. The Kier molecular flexibility index (Phi) is 4.32. The van der Waals surface area contributed by atoms with Crippen molar-refractivity contribution >= 4 is 5.78 Å². The highest BCUT2D eigenvalue weighted by molar-refractivity contribution is 5.94. The predicted molar refractivity (Wildman–Crippen MR) is 53.3 cm³/mol. The number of aromatic nitrogens is 2. The maximum absolute atomic E-state index is 11.6. The molecule has 0 radical (unpaired) electrons. The second-order valence-electron chi connectivity index (χ2n) is 3.06. The van der Waals surface area contributed by atoms with Crippen LogP contribution in [0.25, 0.3) is 0 Å². The molecular weight excluding hydrogens is 180 g/mol. The van der Waals surface area contributed by atoms with Crippen LogP contribution in [0.5, 0.6) is 0 Å². The van der Waals surface area contributed by atoms with Gasteiger partial charge in [0.25, 0.3) is 0 Å². The maximum atomic E-state index is 11.6. The molecule has 0 saturated carbocycles. The number of hydrogen-bond donors (Lipinski definition) is 0. The lowest BCUT2D eigenvalue weighted by atomic mass is 10.2. The van der Waals surface area contributed by atoms with E-state index in [0.717, 1.165) is 6.42 Å². The molecule has 1 aromatic heterocycles.